The molecule has 1 rings (SSSR count). The van der Waals surface area contributed by atoms with Gasteiger partial charge in [0.15, 0.2) is 9.84 Å². The molecule has 0 aliphatic heterocycles. The topological polar surface area (TPSA) is 155 Å². The van der Waals surface area contributed by atoms with E-state index in [4.69, 9.17) is 5.84 Å². The number of hydrogen-bond acceptors (Lipinski definition) is 7. The lowest BCUT2D eigenvalue weighted by molar-refractivity contribution is -0.118. The average Bonchev–Trinajstić information content (AvgIpc) is 2.68. The summed E-state index contributed by atoms with van der Waals surface area (Å²) >= 11 is 0. The quantitative estimate of drug-likeness (QED) is 0.171. The zero-order valence-electron chi connectivity index (χ0n) is 17.1. The van der Waals surface area contributed by atoms with E-state index in [-0.39, 0.29) is 12.3 Å². The molecule has 1 aromatic rings. The first kappa shape index (κ1) is 24.8. The zero-order valence-corrected chi connectivity index (χ0v) is 17.9. The summed E-state index contributed by atoms with van der Waals surface area (Å²) in [7, 11) is -0.716. The number of amides is 1. The molecule has 0 aliphatic carbocycles. The minimum atomic E-state index is -3.41. The molecule has 0 saturated heterocycles. The Morgan fingerprint density at radius 3 is 1.76 bits per heavy atom. The van der Waals surface area contributed by atoms with Crippen LogP contribution in [0.25, 0.3) is 0 Å². The van der Waals surface area contributed by atoms with Crippen LogP contribution in [0.5, 0.6) is 0 Å². The molecule has 1 heterocycles. The van der Waals surface area contributed by atoms with E-state index in [1.807, 2.05) is 5.43 Å². The van der Waals surface area contributed by atoms with Gasteiger partial charge in [0.2, 0.25) is 5.91 Å². The van der Waals surface area contributed by atoms with Gasteiger partial charge in [0.25, 0.3) is 0 Å². The van der Waals surface area contributed by atoms with Crippen molar-refractivity contribution in [3.8, 4) is 0 Å². The molecule has 0 spiro atoms. The van der Waals surface area contributed by atoms with Gasteiger partial charge < -0.3 is 0 Å². The first-order valence-electron chi connectivity index (χ1n) is 9.67. The van der Waals surface area contributed by atoms with Gasteiger partial charge in [0.05, 0.1) is 5.75 Å². The lowest BCUT2D eigenvalue weighted by Crippen LogP contribution is -2.52. The lowest BCUT2D eigenvalue weighted by atomic mass is 10.1. The molecule has 0 fully saturated rings. The first-order chi connectivity index (χ1) is 13.6. The maximum atomic E-state index is 12.0. The number of aromatic nitrogens is 3. The normalized spacial score (nSPS) is 11.6. The van der Waals surface area contributed by atoms with Crippen molar-refractivity contribution >= 4 is 15.7 Å². The van der Waals surface area contributed by atoms with E-state index in [0.717, 1.165) is 52.2 Å². The summed E-state index contributed by atoms with van der Waals surface area (Å²) < 4.78 is 26.2. The summed E-state index contributed by atoms with van der Waals surface area (Å²) in [6, 6.07) is 0. The third-order valence-corrected chi connectivity index (χ3v) is 6.32. The monoisotopic (exact) mass is 433 g/mol. The number of sulfone groups is 1. The predicted molar refractivity (Wildman–Crippen MR) is 109 cm³/mol. The molecule has 3 N–H and O–H groups in total. The lowest BCUT2D eigenvalue weighted by Gasteiger charge is -2.08. The molecule has 0 unspecified atom stereocenters. The van der Waals surface area contributed by atoms with Gasteiger partial charge in [0, 0.05) is 20.6 Å². The Kier molecular flexibility index (Phi) is 10.0. The minimum absolute atomic E-state index is 0.0241. The van der Waals surface area contributed by atoms with Gasteiger partial charge in [-0.25, -0.2) is 42.3 Å². The second-order valence-corrected chi connectivity index (χ2v) is 9.29. The molecule has 29 heavy (non-hydrogen) atoms. The van der Waals surface area contributed by atoms with Crippen molar-refractivity contribution in [1.29, 1.82) is 0 Å². The van der Waals surface area contributed by atoms with Gasteiger partial charge in [-0.1, -0.05) is 38.5 Å². The van der Waals surface area contributed by atoms with Crippen LogP contribution in [-0.2, 0) is 35.3 Å². The molecule has 12 heteroatoms. The van der Waals surface area contributed by atoms with E-state index < -0.39 is 38.6 Å². The Bertz CT molecular complexity index is 920. The summed E-state index contributed by atoms with van der Waals surface area (Å²) in [6.45, 7) is 0.272. The predicted octanol–water partition coefficient (Wildman–Crippen LogP) is -1.23. The molecular weight excluding hydrogens is 402 g/mol. The van der Waals surface area contributed by atoms with E-state index in [0.29, 0.717) is 12.8 Å². The number of nitrogens with zero attached hydrogens (tertiary/aromatic N) is 3. The molecule has 0 atom stereocenters. The number of nitrogens with one attached hydrogen (secondary N) is 1. The van der Waals surface area contributed by atoms with Crippen LogP contribution in [0.15, 0.2) is 14.4 Å². The smallest absolute Gasteiger partial charge is 0.293 e. The number of hydrazine groups is 1. The number of rotatable bonds is 13. The Labute approximate surface area is 169 Å². The molecule has 1 amide bonds. The summed E-state index contributed by atoms with van der Waals surface area (Å²) in [5.74, 6) is 3.57. The van der Waals surface area contributed by atoms with Crippen molar-refractivity contribution < 1.29 is 13.2 Å². The second-order valence-electron chi connectivity index (χ2n) is 7.11. The van der Waals surface area contributed by atoms with Gasteiger partial charge in [-0.05, 0) is 12.8 Å². The van der Waals surface area contributed by atoms with E-state index in [1.165, 1.54) is 14.1 Å². The number of carbonyl (C=O) groups excluding carboxylic acids is 1. The van der Waals surface area contributed by atoms with Gasteiger partial charge >= 0.3 is 17.1 Å². The highest BCUT2D eigenvalue weighted by Gasteiger charge is 2.15. The summed E-state index contributed by atoms with van der Waals surface area (Å²) in [4.78, 5) is 46.7. The maximum Gasteiger partial charge on any atom is 0.336 e. The van der Waals surface area contributed by atoms with Crippen LogP contribution >= 0.6 is 0 Å². The Morgan fingerprint density at radius 1 is 0.828 bits per heavy atom. The Balaban J connectivity index is 2.21. The molecule has 0 aromatic carbocycles. The highest BCUT2D eigenvalue weighted by atomic mass is 32.2. The molecular formula is C17H31N5O6S. The number of carbonyl (C=O) groups is 1. The minimum Gasteiger partial charge on any atom is -0.293 e. The highest BCUT2D eigenvalue weighted by Crippen LogP contribution is 2.10. The maximum absolute atomic E-state index is 12.0. The van der Waals surface area contributed by atoms with Crippen LogP contribution in [0.4, 0.5) is 0 Å². The van der Waals surface area contributed by atoms with Gasteiger partial charge in [0.1, 0.15) is 5.75 Å². The van der Waals surface area contributed by atoms with E-state index in [9.17, 15) is 27.6 Å². The van der Waals surface area contributed by atoms with Crippen LogP contribution in [0, 0.1) is 0 Å². The zero-order chi connectivity index (χ0) is 22.0. The fraction of sp³-hybridized carbons (Fsp3) is 0.765. The van der Waals surface area contributed by atoms with Crippen molar-refractivity contribution in [1.82, 2.24) is 19.1 Å². The van der Waals surface area contributed by atoms with Crippen molar-refractivity contribution in [2.75, 3.05) is 11.5 Å². The van der Waals surface area contributed by atoms with Crippen molar-refractivity contribution in [2.24, 2.45) is 19.9 Å². The van der Waals surface area contributed by atoms with Crippen LogP contribution in [-0.4, -0.2) is 39.5 Å². The first-order valence-corrected chi connectivity index (χ1v) is 11.5. The molecule has 166 valence electrons. The molecule has 1 aromatic heterocycles. The second kappa shape index (κ2) is 11.7. The van der Waals surface area contributed by atoms with E-state index >= 15 is 0 Å². The molecule has 0 aliphatic rings. The van der Waals surface area contributed by atoms with Crippen LogP contribution < -0.4 is 28.3 Å². The fourth-order valence-electron chi connectivity index (χ4n) is 2.99. The summed E-state index contributed by atoms with van der Waals surface area (Å²) in [5, 5.41) is 0. The van der Waals surface area contributed by atoms with E-state index in [2.05, 4.69) is 0 Å². The number of unbranched alkanes of at least 4 members (excludes halogenated alkanes) is 7. The van der Waals surface area contributed by atoms with Crippen LogP contribution in [0.1, 0.15) is 51.4 Å². The van der Waals surface area contributed by atoms with Gasteiger partial charge in [-0.3, -0.25) is 10.2 Å². The van der Waals surface area contributed by atoms with Crippen molar-refractivity contribution in [2.45, 2.75) is 57.9 Å². The molecule has 0 saturated carbocycles. The third-order valence-electron chi connectivity index (χ3n) is 4.71. The highest BCUT2D eigenvalue weighted by molar-refractivity contribution is 7.92. The van der Waals surface area contributed by atoms with Gasteiger partial charge in [-0.2, -0.15) is 0 Å². The third kappa shape index (κ3) is 7.97. The Hall–Kier alpha value is -2.21. The van der Waals surface area contributed by atoms with E-state index in [1.54, 1.807) is 0 Å². The van der Waals surface area contributed by atoms with Crippen LogP contribution in [0.3, 0.4) is 0 Å². The SMILES string of the molecule is Cn1c(=O)n(C)c(=O)n(CCCCCCCCCCS(=O)(=O)CC(=O)NN)c1=O. The molecule has 0 radical (unpaired) electrons. The molecule has 11 nitrogen and oxygen atoms in total. The summed E-state index contributed by atoms with van der Waals surface area (Å²) in [5.41, 5.74) is -0.0227. The van der Waals surface area contributed by atoms with Crippen molar-refractivity contribution in [3.63, 3.8) is 0 Å². The number of hydrogen-bond donors (Lipinski definition) is 2. The molecule has 0 bridgehead atoms. The van der Waals surface area contributed by atoms with Gasteiger partial charge in [-0.15, -0.1) is 0 Å². The average molecular weight is 434 g/mol. The van der Waals surface area contributed by atoms with Crippen molar-refractivity contribution in [3.05, 3.63) is 31.5 Å². The fourth-order valence-corrected chi connectivity index (χ4v) is 4.26. The van der Waals surface area contributed by atoms with Crippen LogP contribution in [0.2, 0.25) is 0 Å². The summed E-state index contributed by atoms with van der Waals surface area (Å²) in [6.07, 6.45) is 6.57. The largest absolute Gasteiger partial charge is 0.336 e. The number of nitrogens with two attached hydrogens (primary N) is 1. The standard InChI is InChI=1S/C17H31N5O6S/c1-20-15(24)21(2)17(26)22(16(20)25)11-9-7-5-3-4-6-8-10-12-29(27,28)13-14(23)19-18/h3-13,18H2,1-2H3,(H,19,23). The Morgan fingerprint density at radius 2 is 1.28 bits per heavy atom.